The standard InChI is InChI=1S/C20H18ClN3O3S/c21-15-6-8-16(9-7-15)24-19(12-18(23-24)20(25)14-2-1-3-14)13-4-10-17(11-5-13)28(22,26)27/h4-12,14H,1-3H2,(H2,22,26,27). The Morgan fingerprint density at radius 2 is 1.71 bits per heavy atom. The Kier molecular flexibility index (Phi) is 4.82. The van der Waals surface area contributed by atoms with Crippen LogP contribution in [-0.2, 0) is 10.0 Å². The van der Waals surface area contributed by atoms with Crippen molar-refractivity contribution in [3.05, 3.63) is 65.3 Å². The highest BCUT2D eigenvalue weighted by Gasteiger charge is 2.29. The number of hydrogen-bond donors (Lipinski definition) is 1. The van der Waals surface area contributed by atoms with Crippen LogP contribution in [0.5, 0.6) is 0 Å². The molecule has 3 aromatic rings. The zero-order chi connectivity index (χ0) is 19.9. The molecule has 0 saturated heterocycles. The summed E-state index contributed by atoms with van der Waals surface area (Å²) < 4.78 is 24.7. The number of rotatable bonds is 5. The van der Waals surface area contributed by atoms with Crippen LogP contribution in [0, 0.1) is 5.92 Å². The van der Waals surface area contributed by atoms with Crippen LogP contribution in [0.15, 0.2) is 59.5 Å². The molecule has 1 fully saturated rings. The summed E-state index contributed by atoms with van der Waals surface area (Å²) in [6, 6.07) is 15.1. The van der Waals surface area contributed by atoms with E-state index in [-0.39, 0.29) is 16.6 Å². The van der Waals surface area contributed by atoms with Gasteiger partial charge in [-0.3, -0.25) is 4.79 Å². The Bertz CT molecular complexity index is 1130. The highest BCUT2D eigenvalue weighted by Crippen LogP contribution is 2.32. The first-order chi connectivity index (χ1) is 13.3. The number of carbonyl (C=O) groups excluding carboxylic acids is 1. The number of benzene rings is 2. The number of carbonyl (C=O) groups is 1. The van der Waals surface area contributed by atoms with Gasteiger partial charge >= 0.3 is 0 Å². The van der Waals surface area contributed by atoms with Crippen molar-refractivity contribution in [2.24, 2.45) is 11.1 Å². The fourth-order valence-electron chi connectivity index (χ4n) is 3.18. The molecule has 0 aliphatic heterocycles. The van der Waals surface area contributed by atoms with Crippen molar-refractivity contribution < 1.29 is 13.2 Å². The smallest absolute Gasteiger partial charge is 0.238 e. The van der Waals surface area contributed by atoms with E-state index in [2.05, 4.69) is 5.10 Å². The van der Waals surface area contributed by atoms with Gasteiger partial charge in [-0.1, -0.05) is 30.2 Å². The number of sulfonamides is 1. The zero-order valence-electron chi connectivity index (χ0n) is 14.9. The van der Waals surface area contributed by atoms with Crippen LogP contribution >= 0.6 is 11.6 Å². The third-order valence-electron chi connectivity index (χ3n) is 4.99. The molecule has 1 aliphatic carbocycles. The van der Waals surface area contributed by atoms with Crippen molar-refractivity contribution >= 4 is 27.4 Å². The van der Waals surface area contributed by atoms with Crippen LogP contribution in [0.25, 0.3) is 16.9 Å². The Labute approximate surface area is 168 Å². The van der Waals surface area contributed by atoms with Gasteiger partial charge in [-0.2, -0.15) is 5.10 Å². The van der Waals surface area contributed by atoms with E-state index in [9.17, 15) is 13.2 Å². The Morgan fingerprint density at radius 3 is 2.25 bits per heavy atom. The number of aromatic nitrogens is 2. The lowest BCUT2D eigenvalue weighted by Gasteiger charge is -2.22. The van der Waals surface area contributed by atoms with Gasteiger partial charge in [0.2, 0.25) is 10.0 Å². The quantitative estimate of drug-likeness (QED) is 0.640. The predicted octanol–water partition coefficient (Wildman–Crippen LogP) is 3.82. The van der Waals surface area contributed by atoms with E-state index in [4.69, 9.17) is 16.7 Å². The predicted molar refractivity (Wildman–Crippen MR) is 107 cm³/mol. The van der Waals surface area contributed by atoms with Crippen LogP contribution in [0.3, 0.4) is 0 Å². The molecule has 144 valence electrons. The molecule has 4 rings (SSSR count). The highest BCUT2D eigenvalue weighted by atomic mass is 35.5. The summed E-state index contributed by atoms with van der Waals surface area (Å²) >= 11 is 5.99. The first-order valence-electron chi connectivity index (χ1n) is 8.86. The second kappa shape index (κ2) is 7.16. The van der Waals surface area contributed by atoms with Crippen LogP contribution in [0.1, 0.15) is 29.8 Å². The number of nitrogens with zero attached hydrogens (tertiary/aromatic N) is 2. The second-order valence-corrected chi connectivity index (χ2v) is 8.86. The molecular weight excluding hydrogens is 398 g/mol. The molecule has 28 heavy (non-hydrogen) atoms. The summed E-state index contributed by atoms with van der Waals surface area (Å²) in [4.78, 5) is 12.7. The minimum Gasteiger partial charge on any atom is -0.292 e. The maximum Gasteiger partial charge on any atom is 0.238 e. The van der Waals surface area contributed by atoms with Gasteiger partial charge in [-0.05, 0) is 55.3 Å². The maximum absolute atomic E-state index is 12.7. The van der Waals surface area contributed by atoms with E-state index in [0.29, 0.717) is 16.4 Å². The zero-order valence-corrected chi connectivity index (χ0v) is 16.4. The molecule has 6 nitrogen and oxygen atoms in total. The SMILES string of the molecule is NS(=O)(=O)c1ccc(-c2cc(C(=O)C3CCC3)nn2-c2ccc(Cl)cc2)cc1. The lowest BCUT2D eigenvalue weighted by atomic mass is 9.81. The van der Waals surface area contributed by atoms with Gasteiger partial charge in [0.25, 0.3) is 0 Å². The fourth-order valence-corrected chi connectivity index (χ4v) is 3.82. The molecule has 2 N–H and O–H groups in total. The molecule has 1 saturated carbocycles. The average molecular weight is 416 g/mol. The molecule has 0 bridgehead atoms. The largest absolute Gasteiger partial charge is 0.292 e. The topological polar surface area (TPSA) is 95.1 Å². The summed E-state index contributed by atoms with van der Waals surface area (Å²) in [6.07, 6.45) is 2.85. The first-order valence-corrected chi connectivity index (χ1v) is 10.8. The molecular formula is C20H18ClN3O3S. The summed E-state index contributed by atoms with van der Waals surface area (Å²) in [5.74, 6) is 0.0764. The molecule has 1 aliphatic rings. The van der Waals surface area contributed by atoms with Crippen molar-refractivity contribution in [3.8, 4) is 16.9 Å². The normalized spacial score (nSPS) is 14.6. The number of ketones is 1. The third kappa shape index (κ3) is 3.61. The minimum absolute atomic E-state index is 0.0274. The number of hydrogen-bond acceptors (Lipinski definition) is 4. The van der Waals surface area contributed by atoms with Crippen molar-refractivity contribution in [3.63, 3.8) is 0 Å². The minimum atomic E-state index is -3.78. The van der Waals surface area contributed by atoms with E-state index >= 15 is 0 Å². The monoisotopic (exact) mass is 415 g/mol. The lowest BCUT2D eigenvalue weighted by molar-refractivity contribution is 0.0849. The maximum atomic E-state index is 12.7. The van der Waals surface area contributed by atoms with E-state index < -0.39 is 10.0 Å². The van der Waals surface area contributed by atoms with Gasteiger partial charge in [0, 0.05) is 16.5 Å². The Balaban J connectivity index is 1.81. The van der Waals surface area contributed by atoms with Crippen molar-refractivity contribution in [2.75, 3.05) is 0 Å². The van der Waals surface area contributed by atoms with Gasteiger partial charge in [-0.15, -0.1) is 0 Å². The second-order valence-electron chi connectivity index (χ2n) is 6.86. The van der Waals surface area contributed by atoms with E-state index in [0.717, 1.165) is 30.5 Å². The van der Waals surface area contributed by atoms with Crippen molar-refractivity contribution in [1.29, 1.82) is 0 Å². The fraction of sp³-hybridized carbons (Fsp3) is 0.200. The van der Waals surface area contributed by atoms with Crippen molar-refractivity contribution in [2.45, 2.75) is 24.2 Å². The van der Waals surface area contributed by atoms with Crippen LogP contribution < -0.4 is 5.14 Å². The molecule has 0 amide bonds. The molecule has 1 heterocycles. The van der Waals surface area contributed by atoms with Crippen molar-refractivity contribution in [1.82, 2.24) is 9.78 Å². The number of Topliss-reactive ketones (excluding diaryl/α,β-unsaturated/α-hetero) is 1. The number of primary sulfonamides is 1. The average Bonchev–Trinajstić information content (AvgIpc) is 3.05. The summed E-state index contributed by atoms with van der Waals surface area (Å²) in [5, 5.41) is 10.3. The van der Waals surface area contributed by atoms with Crippen LogP contribution in [0.2, 0.25) is 5.02 Å². The highest BCUT2D eigenvalue weighted by molar-refractivity contribution is 7.89. The molecule has 2 aromatic carbocycles. The first kappa shape index (κ1) is 18.9. The van der Waals surface area contributed by atoms with E-state index in [1.807, 2.05) is 12.1 Å². The summed E-state index contributed by atoms with van der Waals surface area (Å²) in [7, 11) is -3.78. The number of halogens is 1. The van der Waals surface area contributed by atoms with Gasteiger partial charge in [0.15, 0.2) is 5.78 Å². The molecule has 0 atom stereocenters. The molecule has 0 spiro atoms. The van der Waals surface area contributed by atoms with E-state index in [1.54, 1.807) is 35.0 Å². The van der Waals surface area contributed by atoms with Gasteiger partial charge in [-0.25, -0.2) is 18.2 Å². The summed E-state index contributed by atoms with van der Waals surface area (Å²) in [5.41, 5.74) is 2.57. The van der Waals surface area contributed by atoms with Crippen LogP contribution in [-0.4, -0.2) is 24.0 Å². The van der Waals surface area contributed by atoms with E-state index in [1.165, 1.54) is 12.1 Å². The lowest BCUT2D eigenvalue weighted by Crippen LogP contribution is -2.22. The molecule has 0 radical (unpaired) electrons. The van der Waals surface area contributed by atoms with Crippen LogP contribution in [0.4, 0.5) is 0 Å². The third-order valence-corrected chi connectivity index (χ3v) is 6.17. The summed E-state index contributed by atoms with van der Waals surface area (Å²) in [6.45, 7) is 0. The van der Waals surface area contributed by atoms with Gasteiger partial charge in [0.1, 0.15) is 5.69 Å². The molecule has 1 aromatic heterocycles. The number of nitrogens with two attached hydrogens (primary N) is 1. The molecule has 0 unspecified atom stereocenters. The molecule has 8 heteroatoms. The Morgan fingerprint density at radius 1 is 1.07 bits per heavy atom. The van der Waals surface area contributed by atoms with Gasteiger partial charge < -0.3 is 0 Å². The van der Waals surface area contributed by atoms with Gasteiger partial charge in [0.05, 0.1) is 16.3 Å². The Hall–Kier alpha value is -2.48.